The second-order valence-corrected chi connectivity index (χ2v) is 57.3. The third-order valence-corrected chi connectivity index (χ3v) is 62.6. The molecule has 0 nitrogen and oxygen atoms in total. The molecule has 4 heteroatoms. The Hall–Kier alpha value is -1.96. The first-order valence-electron chi connectivity index (χ1n) is 16.5. The van der Waals surface area contributed by atoms with Gasteiger partial charge in [-0.3, -0.25) is 0 Å². The molecule has 0 saturated carbocycles. The van der Waals surface area contributed by atoms with Gasteiger partial charge < -0.3 is 0 Å². The zero-order valence-corrected chi connectivity index (χ0v) is 33.7. The van der Waals surface area contributed by atoms with Crippen molar-refractivity contribution in [3.05, 3.63) is 128 Å². The first kappa shape index (κ1) is 33.0. The maximum atomic E-state index is 8.66. The molecule has 0 spiro atoms. The fourth-order valence-electron chi connectivity index (χ4n) is 8.67. The molecule has 0 saturated heterocycles. The monoisotopic (exact) mass is 727 g/mol. The van der Waals surface area contributed by atoms with Gasteiger partial charge in [0.1, 0.15) is 0 Å². The average molecular weight is 730 g/mol. The molecule has 0 fully saturated rings. The van der Waals surface area contributed by atoms with Crippen molar-refractivity contribution in [3.8, 4) is 22.3 Å². The van der Waals surface area contributed by atoms with Gasteiger partial charge in [0.25, 0.3) is 0 Å². The maximum absolute atomic E-state index is 8.66. The average Bonchev–Trinajstić information content (AvgIpc) is 3.52. The van der Waals surface area contributed by atoms with Crippen LogP contribution in [0.3, 0.4) is 0 Å². The fourth-order valence-corrected chi connectivity index (χ4v) is 40.9. The van der Waals surface area contributed by atoms with Crippen LogP contribution in [0.1, 0.15) is 78.1 Å². The quantitative estimate of drug-likeness (QED) is 0.173. The van der Waals surface area contributed by atoms with Crippen LogP contribution in [0.25, 0.3) is 34.4 Å². The molecule has 6 rings (SSSR count). The first-order chi connectivity index (χ1) is 21.1. The van der Waals surface area contributed by atoms with E-state index in [4.69, 9.17) is 17.0 Å². The summed E-state index contributed by atoms with van der Waals surface area (Å²) >= 11 is -4.83. The Morgan fingerprint density at radius 3 is 1.69 bits per heavy atom. The third-order valence-electron chi connectivity index (χ3n) is 10.7. The van der Waals surface area contributed by atoms with Crippen LogP contribution in [0.15, 0.2) is 77.9 Å². The molecule has 0 aromatic heterocycles. The Morgan fingerprint density at radius 2 is 1.18 bits per heavy atom. The minimum atomic E-state index is -4.83. The molecule has 2 unspecified atom stereocenters. The van der Waals surface area contributed by atoms with Gasteiger partial charge in [0.15, 0.2) is 0 Å². The van der Waals surface area contributed by atoms with Crippen molar-refractivity contribution in [2.24, 2.45) is 5.92 Å². The number of halogens is 2. The van der Waals surface area contributed by atoms with Gasteiger partial charge in [-0.15, -0.1) is 0 Å². The Morgan fingerprint density at radius 1 is 0.644 bits per heavy atom. The van der Waals surface area contributed by atoms with Gasteiger partial charge in [0, 0.05) is 0 Å². The van der Waals surface area contributed by atoms with Gasteiger partial charge in [-0.05, 0) is 0 Å². The molecule has 45 heavy (non-hydrogen) atoms. The van der Waals surface area contributed by atoms with Crippen molar-refractivity contribution in [1.29, 1.82) is 0 Å². The Bertz CT molecular complexity index is 1890. The Labute approximate surface area is 280 Å². The van der Waals surface area contributed by atoms with Crippen molar-refractivity contribution in [2.45, 2.75) is 75.7 Å². The molecule has 0 aliphatic heterocycles. The van der Waals surface area contributed by atoms with Gasteiger partial charge in [-0.1, -0.05) is 0 Å². The predicted octanol–water partition coefficient (Wildman–Crippen LogP) is 12.8. The van der Waals surface area contributed by atoms with Crippen LogP contribution in [-0.2, 0) is 15.6 Å². The van der Waals surface area contributed by atoms with E-state index in [1.54, 1.807) is 0 Å². The predicted molar refractivity (Wildman–Crippen MR) is 200 cm³/mol. The summed E-state index contributed by atoms with van der Waals surface area (Å²) in [4.78, 5) is 0. The number of fused-ring (bicyclic) bond motifs is 2. The molecular weight excluding hydrogens is 683 g/mol. The van der Waals surface area contributed by atoms with Crippen molar-refractivity contribution in [1.82, 2.24) is 0 Å². The molecule has 0 bridgehead atoms. The molecule has 4 aromatic rings. The first-order valence-corrected chi connectivity index (χ1v) is 32.8. The summed E-state index contributed by atoms with van der Waals surface area (Å²) in [6.07, 6.45) is 4.93. The summed E-state index contributed by atoms with van der Waals surface area (Å²) in [7, 11) is 17.3. The second kappa shape index (κ2) is 11.6. The summed E-state index contributed by atoms with van der Waals surface area (Å²) in [5, 5.41) is 0. The summed E-state index contributed by atoms with van der Waals surface area (Å²) in [5.41, 5.74) is 19.8. The SMILES string of the molecule is CC1=Cc2c(-c3cc(C)cc(C)c3)ccc(C)c2[CH]1[Zr]([Cl])([Cl])([CH]1C(C(C)C)=Cc2c(-c3cc(C)cc(C)c3)cccc21)[SiH](C)C. The molecule has 233 valence electrons. The zero-order chi connectivity index (χ0) is 32.6. The molecule has 2 aliphatic rings. The number of allylic oxidation sites excluding steroid dienone is 2. The fraction of sp³-hybridized carbons (Fsp3) is 0.317. The van der Waals surface area contributed by atoms with E-state index in [2.05, 4.69) is 147 Å². The Balaban J connectivity index is 1.61. The summed E-state index contributed by atoms with van der Waals surface area (Å²) < 4.78 is 0.177. The van der Waals surface area contributed by atoms with Crippen LogP contribution in [-0.4, -0.2) is 5.92 Å². The van der Waals surface area contributed by atoms with Crippen LogP contribution >= 0.6 is 17.0 Å². The van der Waals surface area contributed by atoms with Gasteiger partial charge in [0.2, 0.25) is 0 Å². The van der Waals surface area contributed by atoms with E-state index in [0.717, 1.165) is 0 Å². The van der Waals surface area contributed by atoms with Crippen LogP contribution < -0.4 is 0 Å². The molecule has 2 atom stereocenters. The summed E-state index contributed by atoms with van der Waals surface area (Å²) in [6, 6.07) is 25.3. The minimum absolute atomic E-state index is 0.0882. The zero-order valence-electron chi connectivity index (χ0n) is 28.6. The number of rotatable bonds is 6. The second-order valence-electron chi connectivity index (χ2n) is 14.8. The normalized spacial score (nSPS) is 18.5. The number of hydrogen-bond acceptors (Lipinski definition) is 0. The van der Waals surface area contributed by atoms with E-state index >= 15 is 0 Å². The van der Waals surface area contributed by atoms with Crippen LogP contribution in [0.2, 0.25) is 13.1 Å². The number of aryl methyl sites for hydroxylation is 5. The van der Waals surface area contributed by atoms with Crippen LogP contribution in [0, 0.1) is 40.5 Å². The van der Waals surface area contributed by atoms with Gasteiger partial charge in [-0.2, -0.15) is 0 Å². The van der Waals surface area contributed by atoms with Gasteiger partial charge in [-0.25, -0.2) is 0 Å². The van der Waals surface area contributed by atoms with Gasteiger partial charge >= 0.3 is 283 Å². The molecule has 0 N–H and O–H groups in total. The van der Waals surface area contributed by atoms with E-state index in [-0.39, 0.29) is 7.25 Å². The molecule has 0 heterocycles. The van der Waals surface area contributed by atoms with E-state index in [0.29, 0.717) is 5.92 Å². The van der Waals surface area contributed by atoms with Crippen LogP contribution in [0.4, 0.5) is 0 Å². The topological polar surface area (TPSA) is 0 Å². The van der Waals surface area contributed by atoms with Crippen molar-refractivity contribution in [2.75, 3.05) is 0 Å². The molecule has 0 amide bonds. The van der Waals surface area contributed by atoms with Gasteiger partial charge in [0.05, 0.1) is 0 Å². The summed E-state index contributed by atoms with van der Waals surface area (Å²) in [6.45, 7) is 22.9. The third kappa shape index (κ3) is 5.27. The molecule has 2 aliphatic carbocycles. The molecular formula is C41H47Cl2SiZr. The molecule has 0 radical (unpaired) electrons. The summed E-state index contributed by atoms with van der Waals surface area (Å²) in [5.74, 6) is -1.28. The van der Waals surface area contributed by atoms with Crippen molar-refractivity contribution < 1.29 is 15.6 Å². The Kier molecular flexibility index (Phi) is 8.52. The molecule has 4 aromatic carbocycles. The van der Waals surface area contributed by atoms with Crippen molar-refractivity contribution >= 4 is 35.1 Å². The number of benzene rings is 4. The number of hydrogen-bond donors (Lipinski definition) is 0. The van der Waals surface area contributed by atoms with E-state index in [1.807, 2.05) is 0 Å². The standard InChI is InChI=1S/C20H21.C19H19.C2H7Si.2ClH.Zr/c1-13(2)17-11-16-6-5-7-19(20(16)12-17)18-9-14(3)8-15(4)10-18;1-12-7-13(2)9-16(8-12)17-6-5-15(4)18-10-14(3)11-19(17)18;1-3-2;;;/h5-13H,1-4H3;5-11H,1-4H3;3H,1-2H3;2*1H;/q;;;;;+2/p-2. The van der Waals surface area contributed by atoms with E-state index in [1.165, 1.54) is 83.5 Å². The van der Waals surface area contributed by atoms with Crippen molar-refractivity contribution in [3.63, 3.8) is 0 Å². The van der Waals surface area contributed by atoms with Crippen LogP contribution in [0.5, 0.6) is 0 Å². The van der Waals surface area contributed by atoms with E-state index in [9.17, 15) is 0 Å². The van der Waals surface area contributed by atoms with E-state index < -0.39 is 21.5 Å².